The second-order valence-electron chi connectivity index (χ2n) is 5.04. The molecule has 0 aromatic rings. The SMILES string of the molecule is CC[C@@H](C(=O)O)[C@H]1CC[C@H](C)[C@H]([C@@H](C)C=O)O1. The lowest BCUT2D eigenvalue weighted by Gasteiger charge is -2.38. The summed E-state index contributed by atoms with van der Waals surface area (Å²) in [5.74, 6) is -1.11. The van der Waals surface area contributed by atoms with Gasteiger partial charge in [-0.3, -0.25) is 4.79 Å². The van der Waals surface area contributed by atoms with Gasteiger partial charge >= 0.3 is 5.97 Å². The van der Waals surface area contributed by atoms with Crippen LogP contribution in [-0.4, -0.2) is 29.6 Å². The summed E-state index contributed by atoms with van der Waals surface area (Å²) in [6.07, 6.45) is 2.77. The van der Waals surface area contributed by atoms with Gasteiger partial charge in [-0.25, -0.2) is 0 Å². The van der Waals surface area contributed by atoms with Gasteiger partial charge in [0, 0.05) is 5.92 Å². The molecule has 0 saturated carbocycles. The van der Waals surface area contributed by atoms with Gasteiger partial charge in [0.2, 0.25) is 0 Å². The highest BCUT2D eigenvalue weighted by atomic mass is 16.5. The van der Waals surface area contributed by atoms with Crippen LogP contribution in [0, 0.1) is 17.8 Å². The van der Waals surface area contributed by atoms with Gasteiger partial charge in [0.25, 0.3) is 0 Å². The Balaban J connectivity index is 2.72. The molecule has 0 radical (unpaired) electrons. The second kappa shape index (κ2) is 6.15. The minimum Gasteiger partial charge on any atom is -0.481 e. The maximum Gasteiger partial charge on any atom is 0.309 e. The number of carboxylic acids is 1. The Labute approximate surface area is 102 Å². The van der Waals surface area contributed by atoms with E-state index in [2.05, 4.69) is 6.92 Å². The van der Waals surface area contributed by atoms with Crippen molar-refractivity contribution < 1.29 is 19.4 Å². The highest BCUT2D eigenvalue weighted by Gasteiger charge is 2.37. The summed E-state index contributed by atoms with van der Waals surface area (Å²) in [5.41, 5.74) is 0. The zero-order valence-electron chi connectivity index (χ0n) is 10.8. The van der Waals surface area contributed by atoms with Crippen molar-refractivity contribution in [2.24, 2.45) is 17.8 Å². The molecule has 5 atom stereocenters. The third-order valence-corrected chi connectivity index (χ3v) is 3.74. The molecule has 0 aromatic heterocycles. The number of hydrogen-bond donors (Lipinski definition) is 1. The third-order valence-electron chi connectivity index (χ3n) is 3.74. The van der Waals surface area contributed by atoms with Crippen LogP contribution in [-0.2, 0) is 14.3 Å². The van der Waals surface area contributed by atoms with Crippen LogP contribution in [0.5, 0.6) is 0 Å². The van der Waals surface area contributed by atoms with Crippen LogP contribution in [0.2, 0.25) is 0 Å². The summed E-state index contributed by atoms with van der Waals surface area (Å²) in [7, 11) is 0. The number of aldehydes is 1. The molecule has 1 fully saturated rings. The zero-order chi connectivity index (χ0) is 13.0. The monoisotopic (exact) mass is 242 g/mol. The summed E-state index contributed by atoms with van der Waals surface area (Å²) >= 11 is 0. The van der Waals surface area contributed by atoms with Gasteiger partial charge in [0.15, 0.2) is 0 Å². The van der Waals surface area contributed by atoms with E-state index in [1.165, 1.54) is 0 Å². The maximum atomic E-state index is 11.1. The van der Waals surface area contributed by atoms with E-state index >= 15 is 0 Å². The molecule has 4 heteroatoms. The number of rotatable bonds is 5. The molecular weight excluding hydrogens is 220 g/mol. The Bertz CT molecular complexity index is 277. The average Bonchev–Trinajstić information content (AvgIpc) is 2.30. The predicted molar refractivity (Wildman–Crippen MR) is 63.7 cm³/mol. The van der Waals surface area contributed by atoms with E-state index in [0.29, 0.717) is 12.3 Å². The molecule has 17 heavy (non-hydrogen) atoms. The smallest absolute Gasteiger partial charge is 0.309 e. The van der Waals surface area contributed by atoms with E-state index in [1.54, 1.807) is 0 Å². The summed E-state index contributed by atoms with van der Waals surface area (Å²) in [4.78, 5) is 21.9. The van der Waals surface area contributed by atoms with Crippen molar-refractivity contribution in [1.29, 1.82) is 0 Å². The molecule has 98 valence electrons. The van der Waals surface area contributed by atoms with Crippen molar-refractivity contribution in [1.82, 2.24) is 0 Å². The van der Waals surface area contributed by atoms with Crippen molar-refractivity contribution in [2.45, 2.75) is 52.2 Å². The van der Waals surface area contributed by atoms with Gasteiger partial charge in [-0.2, -0.15) is 0 Å². The lowest BCUT2D eigenvalue weighted by Crippen LogP contribution is -2.43. The van der Waals surface area contributed by atoms with Crippen LogP contribution in [0.3, 0.4) is 0 Å². The molecule has 0 aliphatic carbocycles. The summed E-state index contributed by atoms with van der Waals surface area (Å²) in [6, 6.07) is 0. The Morgan fingerprint density at radius 2 is 2.18 bits per heavy atom. The fraction of sp³-hybridized carbons (Fsp3) is 0.846. The van der Waals surface area contributed by atoms with E-state index in [-0.39, 0.29) is 18.1 Å². The highest BCUT2D eigenvalue weighted by Crippen LogP contribution is 2.32. The summed E-state index contributed by atoms with van der Waals surface area (Å²) in [5, 5.41) is 9.12. The number of carbonyl (C=O) groups excluding carboxylic acids is 1. The van der Waals surface area contributed by atoms with Crippen molar-refractivity contribution in [3.05, 3.63) is 0 Å². The number of hydrogen-bond acceptors (Lipinski definition) is 3. The Hall–Kier alpha value is -0.900. The summed E-state index contributed by atoms with van der Waals surface area (Å²) in [6.45, 7) is 5.75. The molecule has 1 aliphatic heterocycles. The van der Waals surface area contributed by atoms with E-state index < -0.39 is 11.9 Å². The average molecular weight is 242 g/mol. The second-order valence-corrected chi connectivity index (χ2v) is 5.04. The number of aliphatic carboxylic acids is 1. The van der Waals surface area contributed by atoms with Gasteiger partial charge in [0.05, 0.1) is 18.1 Å². The molecule has 0 spiro atoms. The molecular formula is C13H22O4. The molecule has 0 amide bonds. The molecule has 1 aliphatic rings. The van der Waals surface area contributed by atoms with Crippen molar-refractivity contribution in [3.8, 4) is 0 Å². The fourth-order valence-corrected chi connectivity index (χ4v) is 2.61. The quantitative estimate of drug-likeness (QED) is 0.750. The van der Waals surface area contributed by atoms with Gasteiger partial charge in [-0.05, 0) is 25.2 Å². The maximum absolute atomic E-state index is 11.1. The van der Waals surface area contributed by atoms with E-state index in [9.17, 15) is 9.59 Å². The van der Waals surface area contributed by atoms with Crippen LogP contribution in [0.4, 0.5) is 0 Å². The van der Waals surface area contributed by atoms with Crippen LogP contribution < -0.4 is 0 Å². The third kappa shape index (κ3) is 3.28. The summed E-state index contributed by atoms with van der Waals surface area (Å²) < 4.78 is 5.85. The number of ether oxygens (including phenoxy) is 1. The first-order chi connectivity index (χ1) is 8.01. The Morgan fingerprint density at radius 1 is 1.53 bits per heavy atom. The van der Waals surface area contributed by atoms with Gasteiger partial charge < -0.3 is 14.6 Å². The molecule has 1 N–H and O–H groups in total. The Kier molecular flexibility index (Phi) is 5.12. The molecule has 0 bridgehead atoms. The number of carbonyl (C=O) groups is 2. The lowest BCUT2D eigenvalue weighted by atomic mass is 9.83. The molecule has 1 heterocycles. The van der Waals surface area contributed by atoms with Crippen LogP contribution >= 0.6 is 0 Å². The Morgan fingerprint density at radius 3 is 2.65 bits per heavy atom. The topological polar surface area (TPSA) is 63.6 Å². The van der Waals surface area contributed by atoms with Gasteiger partial charge in [0.1, 0.15) is 6.29 Å². The van der Waals surface area contributed by atoms with Crippen LogP contribution in [0.1, 0.15) is 40.0 Å². The predicted octanol–water partition coefficient (Wildman–Crippen LogP) is 2.12. The van der Waals surface area contributed by atoms with Crippen LogP contribution in [0.15, 0.2) is 0 Å². The first-order valence-electron chi connectivity index (χ1n) is 6.34. The first kappa shape index (κ1) is 14.2. The minimum absolute atomic E-state index is 0.139. The molecule has 0 unspecified atom stereocenters. The largest absolute Gasteiger partial charge is 0.481 e. The van der Waals surface area contributed by atoms with Crippen molar-refractivity contribution >= 4 is 12.3 Å². The normalized spacial score (nSPS) is 32.8. The lowest BCUT2D eigenvalue weighted by molar-refractivity contribution is -0.161. The highest BCUT2D eigenvalue weighted by molar-refractivity contribution is 5.70. The van der Waals surface area contributed by atoms with Crippen molar-refractivity contribution in [2.75, 3.05) is 0 Å². The molecule has 1 saturated heterocycles. The number of carboxylic acid groups (broad SMARTS) is 1. The standard InChI is InChI=1S/C13H22O4/c1-4-10(13(15)16)11-6-5-8(2)12(17-11)9(3)7-14/h7-12H,4-6H2,1-3H3,(H,15,16)/t8-,9-,10+,11+,12+/m0/s1. The van der Waals surface area contributed by atoms with E-state index in [0.717, 1.165) is 19.1 Å². The van der Waals surface area contributed by atoms with E-state index in [4.69, 9.17) is 9.84 Å². The molecule has 1 rings (SSSR count). The fourth-order valence-electron chi connectivity index (χ4n) is 2.61. The molecule has 4 nitrogen and oxygen atoms in total. The van der Waals surface area contributed by atoms with Gasteiger partial charge in [-0.15, -0.1) is 0 Å². The van der Waals surface area contributed by atoms with Gasteiger partial charge in [-0.1, -0.05) is 20.8 Å². The zero-order valence-corrected chi connectivity index (χ0v) is 10.8. The first-order valence-corrected chi connectivity index (χ1v) is 6.34. The van der Waals surface area contributed by atoms with Crippen LogP contribution in [0.25, 0.3) is 0 Å². The van der Waals surface area contributed by atoms with Crippen molar-refractivity contribution in [3.63, 3.8) is 0 Å². The van der Waals surface area contributed by atoms with E-state index in [1.807, 2.05) is 13.8 Å². The molecule has 0 aromatic carbocycles. The minimum atomic E-state index is -0.801.